The van der Waals surface area contributed by atoms with E-state index in [0.29, 0.717) is 5.92 Å². The molecule has 1 aromatic heterocycles. The Hall–Kier alpha value is -0.410. The number of rotatable bonds is 2. The zero-order valence-corrected chi connectivity index (χ0v) is 10.5. The molecule has 84 valence electrons. The lowest BCUT2D eigenvalue weighted by Crippen LogP contribution is -2.33. The molecule has 2 atom stereocenters. The van der Waals surface area contributed by atoms with Gasteiger partial charge in [0.2, 0.25) is 0 Å². The lowest BCUT2D eigenvalue weighted by Gasteiger charge is -2.26. The zero-order valence-electron chi connectivity index (χ0n) is 9.71. The minimum atomic E-state index is -0.489. The quantitative estimate of drug-likeness (QED) is 0.839. The number of thiazole rings is 1. The average molecular weight is 225 g/mol. The summed E-state index contributed by atoms with van der Waals surface area (Å²) in [5.74, 6) is 0.419. The van der Waals surface area contributed by atoms with E-state index in [1.807, 2.05) is 6.92 Å². The molecule has 0 amide bonds. The van der Waals surface area contributed by atoms with Crippen LogP contribution >= 0.6 is 11.3 Å². The molecule has 0 aromatic carbocycles. The van der Waals surface area contributed by atoms with Gasteiger partial charge < -0.3 is 5.11 Å². The van der Waals surface area contributed by atoms with Crippen molar-refractivity contribution in [3.8, 4) is 0 Å². The number of aliphatic hydroxyl groups is 1. The summed E-state index contributed by atoms with van der Waals surface area (Å²) in [6.07, 6.45) is 3.99. The van der Waals surface area contributed by atoms with Gasteiger partial charge in [-0.1, -0.05) is 13.3 Å². The normalized spacial score (nSPS) is 31.1. The summed E-state index contributed by atoms with van der Waals surface area (Å²) in [6.45, 7) is 6.29. The molecule has 0 radical (unpaired) electrons. The Bertz CT molecular complexity index is 341. The minimum absolute atomic E-state index is 0.419. The Kier molecular flexibility index (Phi) is 2.86. The van der Waals surface area contributed by atoms with Crippen molar-refractivity contribution < 1.29 is 5.11 Å². The summed E-state index contributed by atoms with van der Waals surface area (Å²) < 4.78 is 0. The van der Waals surface area contributed by atoms with Crippen molar-refractivity contribution in [1.29, 1.82) is 0 Å². The van der Waals surface area contributed by atoms with E-state index in [4.69, 9.17) is 0 Å². The summed E-state index contributed by atoms with van der Waals surface area (Å²) in [5.41, 5.74) is 0.626. The van der Waals surface area contributed by atoms with Crippen LogP contribution in [0.25, 0.3) is 0 Å². The van der Waals surface area contributed by atoms with E-state index >= 15 is 0 Å². The minimum Gasteiger partial charge on any atom is -0.389 e. The van der Waals surface area contributed by atoms with Gasteiger partial charge in [0.1, 0.15) is 0 Å². The molecule has 1 heterocycles. The van der Waals surface area contributed by atoms with Crippen LogP contribution < -0.4 is 0 Å². The molecule has 3 heteroatoms. The second kappa shape index (κ2) is 3.87. The maximum atomic E-state index is 10.5. The Morgan fingerprint density at radius 3 is 2.73 bits per heavy atom. The first-order valence-electron chi connectivity index (χ1n) is 5.66. The van der Waals surface area contributed by atoms with Crippen LogP contribution in [-0.4, -0.2) is 15.7 Å². The molecular weight excluding hydrogens is 206 g/mol. The van der Waals surface area contributed by atoms with Crippen molar-refractivity contribution in [2.45, 2.75) is 52.1 Å². The van der Waals surface area contributed by atoms with E-state index in [1.165, 1.54) is 4.88 Å². The molecule has 2 nitrogen and oxygen atoms in total. The maximum Gasteiger partial charge on any atom is 0.0959 e. The molecule has 1 fully saturated rings. The van der Waals surface area contributed by atoms with Crippen LogP contribution in [0.4, 0.5) is 0 Å². The summed E-state index contributed by atoms with van der Waals surface area (Å²) in [6, 6.07) is 0. The largest absolute Gasteiger partial charge is 0.389 e. The number of hydrogen-bond acceptors (Lipinski definition) is 3. The van der Waals surface area contributed by atoms with Crippen molar-refractivity contribution in [1.82, 2.24) is 4.98 Å². The molecule has 0 bridgehead atoms. The zero-order chi connectivity index (χ0) is 11.1. The summed E-state index contributed by atoms with van der Waals surface area (Å²) in [7, 11) is 0. The third kappa shape index (κ3) is 2.08. The van der Waals surface area contributed by atoms with Gasteiger partial charge in [-0.2, -0.15) is 0 Å². The van der Waals surface area contributed by atoms with Crippen molar-refractivity contribution in [2.24, 2.45) is 5.92 Å². The van der Waals surface area contributed by atoms with Crippen LogP contribution in [0, 0.1) is 19.8 Å². The number of hydrogen-bond donors (Lipinski definition) is 1. The van der Waals surface area contributed by atoms with Crippen LogP contribution in [0.5, 0.6) is 0 Å². The highest BCUT2D eigenvalue weighted by Gasteiger charge is 2.38. The molecule has 0 spiro atoms. The van der Waals surface area contributed by atoms with Crippen molar-refractivity contribution in [2.75, 3.05) is 0 Å². The molecule has 1 aliphatic carbocycles. The van der Waals surface area contributed by atoms with Crippen LogP contribution in [0.1, 0.15) is 41.8 Å². The molecule has 1 saturated carbocycles. The van der Waals surface area contributed by atoms with Crippen LogP contribution in [0.2, 0.25) is 0 Å². The van der Waals surface area contributed by atoms with Crippen molar-refractivity contribution in [3.05, 3.63) is 15.6 Å². The SMILES string of the molecule is Cc1nc(CC2(O)CCCC2C)sc1C. The summed E-state index contributed by atoms with van der Waals surface area (Å²) in [5, 5.41) is 11.6. The molecule has 0 saturated heterocycles. The predicted molar refractivity (Wildman–Crippen MR) is 63.3 cm³/mol. The van der Waals surface area contributed by atoms with Crippen LogP contribution in [0.3, 0.4) is 0 Å². The van der Waals surface area contributed by atoms with E-state index < -0.39 is 5.60 Å². The first-order chi connectivity index (χ1) is 7.01. The molecule has 1 aliphatic rings. The molecule has 2 unspecified atom stereocenters. The van der Waals surface area contributed by atoms with Gasteiger partial charge in [0.15, 0.2) is 0 Å². The van der Waals surface area contributed by atoms with Crippen LogP contribution in [0.15, 0.2) is 0 Å². The Balaban J connectivity index is 2.14. The van der Waals surface area contributed by atoms with Gasteiger partial charge in [0.25, 0.3) is 0 Å². The molecular formula is C12H19NOS. The summed E-state index contributed by atoms with van der Waals surface area (Å²) in [4.78, 5) is 5.79. The second-order valence-corrected chi connectivity index (χ2v) is 6.11. The third-order valence-corrected chi connectivity index (χ3v) is 4.77. The highest BCUT2D eigenvalue weighted by molar-refractivity contribution is 7.11. The average Bonchev–Trinajstić information content (AvgIpc) is 2.60. The maximum absolute atomic E-state index is 10.5. The molecule has 1 N–H and O–H groups in total. The molecule has 15 heavy (non-hydrogen) atoms. The fraction of sp³-hybridized carbons (Fsp3) is 0.750. The lowest BCUT2D eigenvalue weighted by atomic mass is 9.89. The molecule has 2 rings (SSSR count). The van der Waals surface area contributed by atoms with E-state index in [2.05, 4.69) is 18.8 Å². The van der Waals surface area contributed by atoms with Gasteiger partial charge in [-0.25, -0.2) is 4.98 Å². The first-order valence-corrected chi connectivity index (χ1v) is 6.48. The lowest BCUT2D eigenvalue weighted by molar-refractivity contribution is 0.00954. The van der Waals surface area contributed by atoms with Gasteiger partial charge in [-0.05, 0) is 32.6 Å². The Labute approximate surface area is 95.4 Å². The van der Waals surface area contributed by atoms with E-state index in [-0.39, 0.29) is 0 Å². The smallest absolute Gasteiger partial charge is 0.0959 e. The first kappa shape index (κ1) is 11.1. The summed E-state index contributed by atoms with van der Waals surface area (Å²) >= 11 is 1.73. The molecule has 1 aromatic rings. The topological polar surface area (TPSA) is 33.1 Å². The highest BCUT2D eigenvalue weighted by atomic mass is 32.1. The van der Waals surface area contributed by atoms with E-state index in [1.54, 1.807) is 11.3 Å². The van der Waals surface area contributed by atoms with Gasteiger partial charge in [-0.3, -0.25) is 0 Å². The van der Waals surface area contributed by atoms with Crippen LogP contribution in [-0.2, 0) is 6.42 Å². The fourth-order valence-corrected chi connectivity index (χ4v) is 3.42. The van der Waals surface area contributed by atoms with Gasteiger partial charge in [-0.15, -0.1) is 11.3 Å². The third-order valence-electron chi connectivity index (χ3n) is 3.69. The predicted octanol–water partition coefficient (Wildman–Crippen LogP) is 2.85. The standard InChI is InChI=1S/C12H19NOS/c1-8-5-4-6-12(8,14)7-11-13-9(2)10(3)15-11/h8,14H,4-7H2,1-3H3. The highest BCUT2D eigenvalue weighted by Crippen LogP contribution is 2.38. The monoisotopic (exact) mass is 225 g/mol. The molecule has 0 aliphatic heterocycles. The van der Waals surface area contributed by atoms with Gasteiger partial charge in [0.05, 0.1) is 16.3 Å². The van der Waals surface area contributed by atoms with E-state index in [0.717, 1.165) is 36.4 Å². The van der Waals surface area contributed by atoms with Crippen molar-refractivity contribution >= 4 is 11.3 Å². The Morgan fingerprint density at radius 1 is 1.53 bits per heavy atom. The van der Waals surface area contributed by atoms with Crippen molar-refractivity contribution in [3.63, 3.8) is 0 Å². The fourth-order valence-electron chi connectivity index (χ4n) is 2.37. The number of aryl methyl sites for hydroxylation is 2. The van der Waals surface area contributed by atoms with Gasteiger partial charge in [0, 0.05) is 11.3 Å². The van der Waals surface area contributed by atoms with E-state index in [9.17, 15) is 5.11 Å². The second-order valence-electron chi connectivity index (χ2n) is 4.82. The number of aromatic nitrogens is 1. The Morgan fingerprint density at radius 2 is 2.27 bits per heavy atom. The van der Waals surface area contributed by atoms with Gasteiger partial charge >= 0.3 is 0 Å². The number of nitrogens with zero attached hydrogens (tertiary/aromatic N) is 1.